The molecule has 0 unspecified atom stereocenters. The molecule has 0 aliphatic carbocycles. The first kappa shape index (κ1) is 21.2. The van der Waals surface area contributed by atoms with Crippen LogP contribution in [0.1, 0.15) is 15.9 Å². The summed E-state index contributed by atoms with van der Waals surface area (Å²) in [6.07, 6.45) is 3.07. The zero-order valence-corrected chi connectivity index (χ0v) is 18.2. The maximum absolute atomic E-state index is 12.5. The smallest absolute Gasteiger partial charge is 0.338 e. The number of nitrogens with one attached hydrogen (secondary N) is 1. The molecule has 1 amide bonds. The number of nitrogens with zero attached hydrogens (tertiary/aromatic N) is 3. The van der Waals surface area contributed by atoms with Gasteiger partial charge in [-0.25, -0.2) is 14.5 Å². The lowest BCUT2D eigenvalue weighted by atomic mass is 10.1. The number of anilines is 1. The fourth-order valence-electron chi connectivity index (χ4n) is 3.67. The van der Waals surface area contributed by atoms with Gasteiger partial charge in [0.15, 0.2) is 6.61 Å². The Hall–Kier alpha value is -4.66. The third-order valence-corrected chi connectivity index (χ3v) is 5.31. The number of esters is 1. The topological polar surface area (TPSA) is 108 Å². The van der Waals surface area contributed by atoms with Crippen molar-refractivity contribution < 1.29 is 23.5 Å². The van der Waals surface area contributed by atoms with Crippen LogP contribution in [0.25, 0.3) is 21.9 Å². The van der Waals surface area contributed by atoms with E-state index in [0.717, 1.165) is 21.9 Å². The van der Waals surface area contributed by atoms with Gasteiger partial charge in [0.1, 0.15) is 29.6 Å². The number of rotatable bonds is 7. The lowest BCUT2D eigenvalue weighted by molar-refractivity contribution is -0.119. The van der Waals surface area contributed by atoms with Crippen molar-refractivity contribution in [2.24, 2.45) is 0 Å². The van der Waals surface area contributed by atoms with E-state index in [1.54, 1.807) is 41.3 Å². The van der Waals surface area contributed by atoms with Crippen molar-refractivity contribution in [2.45, 2.75) is 6.54 Å². The number of amides is 1. The van der Waals surface area contributed by atoms with E-state index in [1.165, 1.54) is 13.4 Å². The van der Waals surface area contributed by atoms with Crippen LogP contribution in [0.15, 0.2) is 77.7 Å². The van der Waals surface area contributed by atoms with E-state index < -0.39 is 18.5 Å². The van der Waals surface area contributed by atoms with Crippen molar-refractivity contribution in [3.05, 3.63) is 84.4 Å². The number of fused-ring (bicyclic) bond motifs is 3. The van der Waals surface area contributed by atoms with E-state index in [4.69, 9.17) is 13.9 Å². The van der Waals surface area contributed by atoms with Crippen LogP contribution in [-0.2, 0) is 16.1 Å². The van der Waals surface area contributed by atoms with Gasteiger partial charge in [0.05, 0.1) is 24.9 Å². The Bertz CT molecular complexity index is 1470. The number of benzene rings is 3. The van der Waals surface area contributed by atoms with E-state index in [0.29, 0.717) is 29.1 Å². The molecule has 9 heteroatoms. The molecule has 0 aliphatic heterocycles. The third kappa shape index (κ3) is 4.31. The molecule has 0 radical (unpaired) electrons. The summed E-state index contributed by atoms with van der Waals surface area (Å²) in [7, 11) is 1.52. The Kier molecular flexibility index (Phi) is 5.65. The first-order valence-electron chi connectivity index (χ1n) is 10.5. The summed E-state index contributed by atoms with van der Waals surface area (Å²) in [5.74, 6) is -0.617. The largest absolute Gasteiger partial charge is 0.495 e. The summed E-state index contributed by atoms with van der Waals surface area (Å²) >= 11 is 0. The summed E-state index contributed by atoms with van der Waals surface area (Å²) in [5.41, 5.74) is 3.07. The van der Waals surface area contributed by atoms with Crippen molar-refractivity contribution in [2.75, 3.05) is 19.0 Å². The molecule has 2 aromatic heterocycles. The third-order valence-electron chi connectivity index (χ3n) is 5.31. The number of carbonyl (C=O) groups excluding carboxylic acids is 2. The van der Waals surface area contributed by atoms with Gasteiger partial charge in [0.2, 0.25) is 0 Å². The van der Waals surface area contributed by atoms with Crippen LogP contribution >= 0.6 is 0 Å². The second-order valence-electron chi connectivity index (χ2n) is 7.56. The minimum atomic E-state index is -0.595. The molecule has 0 saturated carbocycles. The monoisotopic (exact) mass is 456 g/mol. The number of ether oxygens (including phenoxy) is 2. The molecule has 0 atom stereocenters. The molecule has 0 aliphatic rings. The Balaban J connectivity index is 1.23. The molecule has 9 nitrogen and oxygen atoms in total. The number of furan rings is 1. The van der Waals surface area contributed by atoms with Crippen LogP contribution in [0.4, 0.5) is 5.69 Å². The maximum atomic E-state index is 12.5. The van der Waals surface area contributed by atoms with Crippen LogP contribution in [0.5, 0.6) is 5.75 Å². The Labute approximate surface area is 193 Å². The zero-order valence-electron chi connectivity index (χ0n) is 18.2. The van der Waals surface area contributed by atoms with Gasteiger partial charge < -0.3 is 19.2 Å². The highest BCUT2D eigenvalue weighted by Gasteiger charge is 2.16. The fraction of sp³-hybridized carbons (Fsp3) is 0.120. The summed E-state index contributed by atoms with van der Waals surface area (Å²) in [6, 6.07) is 18.0. The van der Waals surface area contributed by atoms with Crippen LogP contribution in [-0.4, -0.2) is 40.4 Å². The summed E-state index contributed by atoms with van der Waals surface area (Å²) in [4.78, 5) is 28.7. The molecule has 0 saturated heterocycles. The van der Waals surface area contributed by atoms with Crippen molar-refractivity contribution in [3.8, 4) is 5.75 Å². The first-order valence-corrected chi connectivity index (χ1v) is 10.5. The molecule has 3 aromatic carbocycles. The van der Waals surface area contributed by atoms with Crippen LogP contribution in [0, 0.1) is 0 Å². The van der Waals surface area contributed by atoms with Crippen molar-refractivity contribution in [1.29, 1.82) is 0 Å². The molecule has 1 N–H and O–H groups in total. The van der Waals surface area contributed by atoms with Gasteiger partial charge in [-0.2, -0.15) is 5.10 Å². The van der Waals surface area contributed by atoms with E-state index in [2.05, 4.69) is 15.4 Å². The van der Waals surface area contributed by atoms with Crippen molar-refractivity contribution in [1.82, 2.24) is 14.8 Å². The highest BCUT2D eigenvalue weighted by Crippen LogP contribution is 2.36. The van der Waals surface area contributed by atoms with E-state index in [1.807, 2.05) is 30.3 Å². The molecule has 0 bridgehead atoms. The van der Waals surface area contributed by atoms with Crippen LogP contribution in [0.3, 0.4) is 0 Å². The number of hydrogen-bond donors (Lipinski definition) is 1. The highest BCUT2D eigenvalue weighted by molar-refractivity contribution is 6.08. The SMILES string of the molecule is COc1cc2c(cc1NC(=O)COC(=O)c1ccc(Cn3cncn3)cc1)oc1ccccc12. The predicted octanol–water partition coefficient (Wildman–Crippen LogP) is 4.03. The van der Waals surface area contributed by atoms with Crippen molar-refractivity contribution >= 4 is 39.5 Å². The fourth-order valence-corrected chi connectivity index (χ4v) is 3.67. The van der Waals surface area contributed by atoms with Gasteiger partial charge in [-0.15, -0.1) is 0 Å². The van der Waals surface area contributed by atoms with E-state index >= 15 is 0 Å². The maximum Gasteiger partial charge on any atom is 0.338 e. The minimum Gasteiger partial charge on any atom is -0.495 e. The normalized spacial score (nSPS) is 11.0. The molecule has 170 valence electrons. The standard InChI is InChI=1S/C25H20N4O5/c1-32-23-10-19-18-4-2-3-5-21(18)34-22(19)11-20(23)28-24(30)13-33-25(31)17-8-6-16(7-9-17)12-29-15-26-14-27-29/h2-11,14-15H,12-13H2,1H3,(H,28,30). The average Bonchev–Trinajstić information content (AvgIpc) is 3.49. The predicted molar refractivity (Wildman–Crippen MR) is 125 cm³/mol. The molecule has 34 heavy (non-hydrogen) atoms. The summed E-state index contributed by atoms with van der Waals surface area (Å²) < 4.78 is 18.2. The lowest BCUT2D eigenvalue weighted by Crippen LogP contribution is -2.21. The average molecular weight is 456 g/mol. The summed E-state index contributed by atoms with van der Waals surface area (Å²) in [5, 5.41) is 8.60. The molecule has 0 fully saturated rings. The first-order chi connectivity index (χ1) is 16.6. The quantitative estimate of drug-likeness (QED) is 0.368. The van der Waals surface area contributed by atoms with E-state index in [-0.39, 0.29) is 0 Å². The number of hydrogen-bond acceptors (Lipinski definition) is 7. The minimum absolute atomic E-state index is 0.344. The van der Waals surface area contributed by atoms with Gasteiger partial charge >= 0.3 is 5.97 Å². The zero-order chi connectivity index (χ0) is 23.5. The Morgan fingerprint density at radius 2 is 1.85 bits per heavy atom. The molecule has 5 aromatic rings. The van der Waals surface area contributed by atoms with Gasteiger partial charge in [0, 0.05) is 16.8 Å². The van der Waals surface area contributed by atoms with Gasteiger partial charge in [-0.05, 0) is 29.8 Å². The number of para-hydroxylation sites is 1. The number of carbonyl (C=O) groups is 2. The second kappa shape index (κ2) is 9.07. The Morgan fingerprint density at radius 1 is 1.03 bits per heavy atom. The summed E-state index contributed by atoms with van der Waals surface area (Å²) in [6.45, 7) is 0.0933. The lowest BCUT2D eigenvalue weighted by Gasteiger charge is -2.11. The number of aromatic nitrogens is 3. The second-order valence-corrected chi connectivity index (χ2v) is 7.56. The van der Waals surface area contributed by atoms with Gasteiger partial charge in [0.25, 0.3) is 5.91 Å². The Morgan fingerprint density at radius 3 is 2.62 bits per heavy atom. The van der Waals surface area contributed by atoms with Gasteiger partial charge in [-0.3, -0.25) is 4.79 Å². The van der Waals surface area contributed by atoms with Crippen LogP contribution in [0.2, 0.25) is 0 Å². The molecule has 2 heterocycles. The molecule has 5 rings (SSSR count). The number of methoxy groups -OCH3 is 1. The highest BCUT2D eigenvalue weighted by atomic mass is 16.5. The molecule has 0 spiro atoms. The van der Waals surface area contributed by atoms with Crippen molar-refractivity contribution in [3.63, 3.8) is 0 Å². The molecular formula is C25H20N4O5. The van der Waals surface area contributed by atoms with Crippen LogP contribution < -0.4 is 10.1 Å². The van der Waals surface area contributed by atoms with E-state index in [9.17, 15) is 9.59 Å². The molecular weight excluding hydrogens is 436 g/mol. The van der Waals surface area contributed by atoms with Gasteiger partial charge in [-0.1, -0.05) is 30.3 Å².